The molecule has 2 atom stereocenters. The molecule has 1 heterocycles. The molecule has 1 rings (SSSR count). The van der Waals surface area contributed by atoms with Crippen molar-refractivity contribution in [1.82, 2.24) is 16.0 Å². The van der Waals surface area contributed by atoms with E-state index in [1.165, 1.54) is 0 Å². The van der Waals surface area contributed by atoms with Crippen molar-refractivity contribution in [3.63, 3.8) is 0 Å². The molecule has 0 aliphatic carbocycles. The highest BCUT2D eigenvalue weighted by Crippen LogP contribution is 2.07. The Balaban J connectivity index is 0.00000324. The molecule has 1 saturated heterocycles. The average Bonchev–Trinajstić information content (AvgIpc) is 2.81. The summed E-state index contributed by atoms with van der Waals surface area (Å²) in [5, 5.41) is 8.95. The summed E-state index contributed by atoms with van der Waals surface area (Å²) in [6, 6.07) is 0.523. The van der Waals surface area contributed by atoms with Crippen molar-refractivity contribution in [3.05, 3.63) is 0 Å². The van der Waals surface area contributed by atoms with E-state index in [0.29, 0.717) is 25.4 Å². The fourth-order valence-corrected chi connectivity index (χ4v) is 1.99. The van der Waals surface area contributed by atoms with Gasteiger partial charge in [-0.3, -0.25) is 9.59 Å². The summed E-state index contributed by atoms with van der Waals surface area (Å²) in [7, 11) is 0. The molecule has 1 aliphatic heterocycles. The molecule has 0 aromatic heterocycles. The fourth-order valence-electron chi connectivity index (χ4n) is 1.99. The Labute approximate surface area is 121 Å². The number of amides is 2. The molecule has 0 aromatic rings. The van der Waals surface area contributed by atoms with Gasteiger partial charge in [0.1, 0.15) is 0 Å². The molecule has 3 N–H and O–H groups in total. The summed E-state index contributed by atoms with van der Waals surface area (Å²) in [5.74, 6) is 0.0365. The van der Waals surface area contributed by atoms with Gasteiger partial charge in [-0.15, -0.1) is 12.4 Å². The van der Waals surface area contributed by atoms with E-state index in [9.17, 15) is 9.59 Å². The first kappa shape index (κ1) is 18.2. The van der Waals surface area contributed by atoms with Crippen molar-refractivity contribution >= 4 is 24.2 Å². The van der Waals surface area contributed by atoms with Crippen LogP contribution in [0.2, 0.25) is 0 Å². The summed E-state index contributed by atoms with van der Waals surface area (Å²) in [5.41, 5.74) is 0. The topological polar surface area (TPSA) is 70.2 Å². The third-order valence-electron chi connectivity index (χ3n) is 3.29. The van der Waals surface area contributed by atoms with Crippen LogP contribution in [0.5, 0.6) is 0 Å². The van der Waals surface area contributed by atoms with E-state index < -0.39 is 0 Å². The molecular weight excluding hydrogens is 266 g/mol. The van der Waals surface area contributed by atoms with Crippen molar-refractivity contribution in [3.8, 4) is 0 Å². The van der Waals surface area contributed by atoms with E-state index in [4.69, 9.17) is 0 Å². The number of carbonyl (C=O) groups is 2. The molecule has 2 unspecified atom stereocenters. The Kier molecular flexibility index (Phi) is 9.61. The summed E-state index contributed by atoms with van der Waals surface area (Å²) in [4.78, 5) is 23.0. The van der Waals surface area contributed by atoms with Crippen LogP contribution in [0.1, 0.15) is 46.0 Å². The second-order valence-corrected chi connectivity index (χ2v) is 4.97. The minimum Gasteiger partial charge on any atom is -0.356 e. The largest absolute Gasteiger partial charge is 0.356 e. The van der Waals surface area contributed by atoms with Gasteiger partial charge in [-0.05, 0) is 32.7 Å². The standard InChI is InChI=1S/C13H25N3O2.ClH/c1-3-10(2)16-12(17)6-8-15-13(18)9-11-5-4-7-14-11;/h10-11,14H,3-9H2,1-2H3,(H,15,18)(H,16,17);1H. The predicted molar refractivity (Wildman–Crippen MR) is 78.4 cm³/mol. The molecule has 1 fully saturated rings. The van der Waals surface area contributed by atoms with Gasteiger partial charge in [0.05, 0.1) is 0 Å². The number of hydrogen-bond acceptors (Lipinski definition) is 3. The monoisotopic (exact) mass is 291 g/mol. The third kappa shape index (κ3) is 8.06. The molecule has 19 heavy (non-hydrogen) atoms. The van der Waals surface area contributed by atoms with Crippen LogP contribution in [-0.2, 0) is 9.59 Å². The van der Waals surface area contributed by atoms with Crippen LogP contribution < -0.4 is 16.0 Å². The van der Waals surface area contributed by atoms with Crippen LogP contribution in [-0.4, -0.2) is 37.0 Å². The number of nitrogens with one attached hydrogen (secondary N) is 3. The Morgan fingerprint density at radius 2 is 2.11 bits per heavy atom. The van der Waals surface area contributed by atoms with E-state index in [0.717, 1.165) is 25.8 Å². The van der Waals surface area contributed by atoms with Gasteiger partial charge in [0.25, 0.3) is 0 Å². The normalized spacial score (nSPS) is 19.4. The molecule has 0 saturated carbocycles. The zero-order valence-corrected chi connectivity index (χ0v) is 12.6. The third-order valence-corrected chi connectivity index (χ3v) is 3.29. The van der Waals surface area contributed by atoms with E-state index in [-0.39, 0.29) is 30.3 Å². The lowest BCUT2D eigenvalue weighted by Gasteiger charge is -2.12. The second-order valence-electron chi connectivity index (χ2n) is 4.97. The maximum Gasteiger partial charge on any atom is 0.221 e. The van der Waals surface area contributed by atoms with Crippen LogP contribution in [0.15, 0.2) is 0 Å². The van der Waals surface area contributed by atoms with Gasteiger partial charge in [0.15, 0.2) is 0 Å². The van der Waals surface area contributed by atoms with Crippen molar-refractivity contribution in [2.75, 3.05) is 13.1 Å². The first-order valence-corrected chi connectivity index (χ1v) is 6.91. The minimum absolute atomic E-state index is 0. The zero-order chi connectivity index (χ0) is 13.4. The lowest BCUT2D eigenvalue weighted by atomic mass is 10.1. The Bertz CT molecular complexity index is 281. The van der Waals surface area contributed by atoms with Gasteiger partial charge in [0.2, 0.25) is 11.8 Å². The summed E-state index contributed by atoms with van der Waals surface area (Å²) in [6.45, 7) is 5.44. The quantitative estimate of drug-likeness (QED) is 0.655. The number of halogens is 1. The first-order valence-electron chi connectivity index (χ1n) is 6.91. The van der Waals surface area contributed by atoms with Gasteiger partial charge in [-0.2, -0.15) is 0 Å². The SMILES string of the molecule is CCC(C)NC(=O)CCNC(=O)CC1CCCN1.Cl. The number of rotatable bonds is 7. The molecule has 0 radical (unpaired) electrons. The van der Waals surface area contributed by atoms with Crippen LogP contribution in [0, 0.1) is 0 Å². The van der Waals surface area contributed by atoms with Crippen molar-refractivity contribution in [2.45, 2.75) is 58.0 Å². The summed E-state index contributed by atoms with van der Waals surface area (Å²) < 4.78 is 0. The maximum atomic E-state index is 11.6. The summed E-state index contributed by atoms with van der Waals surface area (Å²) >= 11 is 0. The van der Waals surface area contributed by atoms with Crippen LogP contribution in [0.25, 0.3) is 0 Å². The van der Waals surface area contributed by atoms with Gasteiger partial charge in [0, 0.05) is 31.5 Å². The Hall–Kier alpha value is -0.810. The van der Waals surface area contributed by atoms with E-state index in [1.807, 2.05) is 13.8 Å². The molecule has 6 heteroatoms. The average molecular weight is 292 g/mol. The van der Waals surface area contributed by atoms with Crippen LogP contribution in [0.4, 0.5) is 0 Å². The molecule has 0 aromatic carbocycles. The highest BCUT2D eigenvalue weighted by molar-refractivity contribution is 5.85. The smallest absolute Gasteiger partial charge is 0.221 e. The van der Waals surface area contributed by atoms with E-state index >= 15 is 0 Å². The second kappa shape index (κ2) is 10.0. The highest BCUT2D eigenvalue weighted by Gasteiger charge is 2.17. The number of hydrogen-bond donors (Lipinski definition) is 3. The van der Waals surface area contributed by atoms with Crippen molar-refractivity contribution in [1.29, 1.82) is 0 Å². The van der Waals surface area contributed by atoms with Crippen LogP contribution in [0.3, 0.4) is 0 Å². The molecule has 2 amide bonds. The van der Waals surface area contributed by atoms with Gasteiger partial charge < -0.3 is 16.0 Å². The minimum atomic E-state index is 0. The first-order chi connectivity index (χ1) is 8.61. The van der Waals surface area contributed by atoms with Gasteiger partial charge in [-0.25, -0.2) is 0 Å². The van der Waals surface area contributed by atoms with Gasteiger partial charge in [-0.1, -0.05) is 6.92 Å². The van der Waals surface area contributed by atoms with E-state index in [1.54, 1.807) is 0 Å². The van der Waals surface area contributed by atoms with E-state index in [2.05, 4.69) is 16.0 Å². The predicted octanol–water partition coefficient (Wildman–Crippen LogP) is 0.971. The van der Waals surface area contributed by atoms with Gasteiger partial charge >= 0.3 is 0 Å². The van der Waals surface area contributed by atoms with Crippen molar-refractivity contribution < 1.29 is 9.59 Å². The number of carbonyl (C=O) groups excluding carboxylic acids is 2. The zero-order valence-electron chi connectivity index (χ0n) is 11.8. The molecule has 112 valence electrons. The molecule has 0 bridgehead atoms. The van der Waals surface area contributed by atoms with Crippen molar-refractivity contribution in [2.24, 2.45) is 0 Å². The maximum absolute atomic E-state index is 11.6. The molecule has 5 nitrogen and oxygen atoms in total. The Morgan fingerprint density at radius 1 is 1.37 bits per heavy atom. The lowest BCUT2D eigenvalue weighted by Crippen LogP contribution is -2.36. The fraction of sp³-hybridized carbons (Fsp3) is 0.846. The lowest BCUT2D eigenvalue weighted by molar-refractivity contribution is -0.122. The summed E-state index contributed by atoms with van der Waals surface area (Å²) in [6.07, 6.45) is 4.02. The molecule has 0 spiro atoms. The molecule has 1 aliphatic rings. The Morgan fingerprint density at radius 3 is 2.68 bits per heavy atom. The highest BCUT2D eigenvalue weighted by atomic mass is 35.5. The van der Waals surface area contributed by atoms with Crippen LogP contribution >= 0.6 is 12.4 Å². The molecular formula is C13H26ClN3O2.